The molecule has 0 radical (unpaired) electrons. The van der Waals surface area contributed by atoms with Gasteiger partial charge in [0.05, 0.1) is 29.4 Å². The van der Waals surface area contributed by atoms with Crippen molar-refractivity contribution in [3.05, 3.63) is 46.5 Å². The first-order valence-electron chi connectivity index (χ1n) is 17.2. The number of hydrogen-bond donors (Lipinski definition) is 1. The van der Waals surface area contributed by atoms with Gasteiger partial charge >= 0.3 is 43.0 Å². The van der Waals surface area contributed by atoms with Gasteiger partial charge in [0, 0.05) is 23.0 Å². The summed E-state index contributed by atoms with van der Waals surface area (Å²) in [4.78, 5) is 18.4. The third kappa shape index (κ3) is 3.78. The number of phosphoric acid groups is 4. The van der Waals surface area contributed by atoms with Crippen molar-refractivity contribution >= 4 is 76.2 Å². The van der Waals surface area contributed by atoms with E-state index in [2.05, 4.69) is 10.2 Å². The van der Waals surface area contributed by atoms with Gasteiger partial charge < -0.3 is 24.0 Å². The Kier molecular flexibility index (Phi) is 5.90. The van der Waals surface area contributed by atoms with Crippen LogP contribution in [0.15, 0.2) is 30.3 Å². The summed E-state index contributed by atoms with van der Waals surface area (Å²) in [7, 11) is -16.6. The molecule has 2 aromatic heterocycles. The monoisotopic (exact) mass is 885 g/mol. The summed E-state index contributed by atoms with van der Waals surface area (Å²) in [5.74, 6) is -10.1. The van der Waals surface area contributed by atoms with Crippen LogP contribution in [-0.2, 0) is 76.1 Å². The quantitative estimate of drug-likeness (QED) is 0.126. The number of nitrogens with one attached hydrogen (secondary N) is 1. The molecule has 11 fully saturated rings. The Morgan fingerprint density at radius 2 is 1.60 bits per heavy atom. The first kappa shape index (κ1) is 33.8. The Morgan fingerprint density at radius 3 is 2.37 bits per heavy atom. The lowest BCUT2D eigenvalue weighted by Crippen LogP contribution is -2.74. The fourth-order valence-electron chi connectivity index (χ4n) is 9.04. The van der Waals surface area contributed by atoms with Crippen molar-refractivity contribution in [3.63, 3.8) is 0 Å². The van der Waals surface area contributed by atoms with Crippen molar-refractivity contribution in [2.24, 2.45) is 0 Å². The van der Waals surface area contributed by atoms with Crippen molar-refractivity contribution in [2.45, 2.75) is 49.0 Å². The molecule has 296 valence electrons. The zero-order valence-corrected chi connectivity index (χ0v) is 32.6. The largest absolute Gasteiger partial charge is 0.625 e. The predicted octanol–water partition coefficient (Wildman–Crippen LogP) is 6.34. The van der Waals surface area contributed by atoms with Crippen molar-refractivity contribution in [2.75, 3.05) is 25.5 Å². The summed E-state index contributed by atoms with van der Waals surface area (Å²) in [6.45, 7) is 1.48. The number of benzene rings is 2. The minimum atomic E-state index is -4.71. The second kappa shape index (κ2) is 9.95. The molecule has 28 heteroatoms. The molecule has 23 nitrogen and oxygen atoms in total. The highest BCUT2D eigenvalue weighted by Gasteiger charge is 3.08. The zero-order chi connectivity index (χ0) is 38.3. The molecule has 14 aliphatic rings. The highest BCUT2D eigenvalue weighted by atomic mass is 35.5. The second-order valence-electron chi connectivity index (χ2n) is 14.3. The molecular weight excluding hydrogens is 866 g/mol. The van der Waals surface area contributed by atoms with Crippen LogP contribution in [0, 0.1) is 0 Å². The van der Waals surface area contributed by atoms with E-state index in [0.29, 0.717) is 45.7 Å². The molecule has 0 aliphatic carbocycles. The number of halogens is 1. The van der Waals surface area contributed by atoms with E-state index in [1.54, 1.807) is 30.3 Å². The highest BCUT2D eigenvalue weighted by molar-refractivity contribution is 7.52. The third-order valence-corrected chi connectivity index (χ3v) is 16.8. The average molecular weight is 886 g/mol. The molecule has 3 spiro atoms. The standard InChI is InChI=1S/C29H20ClN5O18P4/c1-40-17-7-6-15-20(32-17)19(13-5-4-12(30)10-16(13)31-15)33-21-23-14(11-34-8-2-3-9-34)22-18(24(21)43-54(36,42-23)53-41-22)27-35-25-26(45-55(37,44-25)46-26)28-29(35,51-56(38,47-27)48-27)52-57(39,49-28)50-28/h4-7,10,25H,2-3,8-9,11H2,1H3,(H,31,33). The van der Waals surface area contributed by atoms with Crippen molar-refractivity contribution in [1.29, 1.82) is 0 Å². The van der Waals surface area contributed by atoms with E-state index in [4.69, 9.17) is 85.6 Å². The number of phosphoric ester groups is 4. The van der Waals surface area contributed by atoms with Crippen LogP contribution in [0.2, 0.25) is 5.02 Å². The van der Waals surface area contributed by atoms with Crippen molar-refractivity contribution in [3.8, 4) is 23.1 Å². The summed E-state index contributed by atoms with van der Waals surface area (Å²) in [6.07, 6.45) is 0.0747. The number of nitrogens with zero attached hydrogens (tertiary/aromatic N) is 4. The molecule has 2 aromatic carbocycles. The highest BCUT2D eigenvalue weighted by Crippen LogP contribution is 2.97. The van der Waals surface area contributed by atoms with Gasteiger partial charge in [-0.2, -0.15) is 4.90 Å². The molecule has 57 heavy (non-hydrogen) atoms. The number of anilines is 2. The van der Waals surface area contributed by atoms with Gasteiger partial charge in [0.1, 0.15) is 16.8 Å². The zero-order valence-electron chi connectivity index (χ0n) is 28.3. The first-order chi connectivity index (χ1) is 27.3. The normalized spacial score (nSPS) is 43.3. The van der Waals surface area contributed by atoms with Crippen molar-refractivity contribution < 1.29 is 82.3 Å². The van der Waals surface area contributed by atoms with Crippen LogP contribution < -0.4 is 24.0 Å². The van der Waals surface area contributed by atoms with Crippen LogP contribution in [0.5, 0.6) is 23.1 Å². The topological polar surface area (TPSA) is 242 Å². The minimum Gasteiger partial charge on any atom is -0.481 e. The molecule has 4 aromatic rings. The van der Waals surface area contributed by atoms with Gasteiger partial charge in [0.2, 0.25) is 5.88 Å². The van der Waals surface area contributed by atoms with E-state index in [9.17, 15) is 18.3 Å². The lowest BCUT2D eigenvalue weighted by atomic mass is 9.98. The Hall–Kier alpha value is -3.01. The van der Waals surface area contributed by atoms with E-state index in [0.717, 1.165) is 17.7 Å². The molecule has 3 unspecified atom stereocenters. The van der Waals surface area contributed by atoms with E-state index >= 15 is 0 Å². The summed E-state index contributed by atoms with van der Waals surface area (Å²) in [5.41, 5.74) is 1.63. The SMILES string of the molecule is COc1ccc2nc3cc(Cl)ccc3c(Nc3c4c(CN5CCCC5)c5c(C67OP(=O)(O6)OC68OP9(=O)OC6(O9)C69OP(=O)(OC6N78)O9)c3OP(=O)(OO5)O4)c2n1. The summed E-state index contributed by atoms with van der Waals surface area (Å²) in [5, 5.41) is 4.34. The molecule has 0 saturated carbocycles. The van der Waals surface area contributed by atoms with Gasteiger partial charge in [0.15, 0.2) is 23.5 Å². The smallest absolute Gasteiger partial charge is 0.481 e. The van der Waals surface area contributed by atoms with Crippen LogP contribution in [0.4, 0.5) is 11.4 Å². The maximum absolute atomic E-state index is 14.3. The fourth-order valence-corrected chi connectivity index (χ4v) is 15.4. The van der Waals surface area contributed by atoms with Gasteiger partial charge in [-0.25, -0.2) is 64.4 Å². The number of likely N-dealkylation sites (tertiary alicyclic amines) is 1. The number of methoxy groups -OCH3 is 1. The molecule has 1 N–H and O–H groups in total. The minimum absolute atomic E-state index is 0.00120. The average Bonchev–Trinajstić information content (AvgIpc) is 3.90. The molecule has 16 heterocycles. The predicted molar refractivity (Wildman–Crippen MR) is 181 cm³/mol. The van der Waals surface area contributed by atoms with Gasteiger partial charge in [-0.1, -0.05) is 16.3 Å². The van der Waals surface area contributed by atoms with Gasteiger partial charge in [0.25, 0.3) is 11.7 Å². The maximum Gasteiger partial charge on any atom is 0.625 e. The molecule has 14 aliphatic heterocycles. The maximum atomic E-state index is 14.3. The first-order valence-corrected chi connectivity index (χ1v) is 23.4. The summed E-state index contributed by atoms with van der Waals surface area (Å²) < 4.78 is 130. The number of ether oxygens (including phenoxy) is 1. The molecule has 11 saturated heterocycles. The summed E-state index contributed by atoms with van der Waals surface area (Å²) >= 11 is 6.41. The Morgan fingerprint density at radius 1 is 0.842 bits per heavy atom. The Labute approximate surface area is 321 Å². The molecule has 3 atom stereocenters. The van der Waals surface area contributed by atoms with E-state index < -0.39 is 60.9 Å². The van der Waals surface area contributed by atoms with Crippen LogP contribution in [0.25, 0.3) is 21.9 Å². The number of fused-ring (bicyclic) bond motifs is 3. The molecule has 18 rings (SSSR count). The van der Waals surface area contributed by atoms with Crippen LogP contribution >= 0.6 is 42.9 Å². The Balaban J connectivity index is 1.05. The molecule has 10 bridgehead atoms. The van der Waals surface area contributed by atoms with Crippen LogP contribution in [0.1, 0.15) is 24.0 Å². The Bertz CT molecular complexity index is 2850. The molecular formula is C29H20ClN5O18P4. The number of hydrogen-bond acceptors (Lipinski definition) is 23. The van der Waals surface area contributed by atoms with E-state index in [1.807, 2.05) is 0 Å². The van der Waals surface area contributed by atoms with Crippen molar-refractivity contribution in [1.82, 2.24) is 19.8 Å². The van der Waals surface area contributed by atoms with Gasteiger partial charge in [-0.05, 0) is 50.2 Å². The number of pyridine rings is 2. The van der Waals surface area contributed by atoms with Gasteiger partial charge in [-0.15, -0.1) is 0 Å². The van der Waals surface area contributed by atoms with E-state index in [1.165, 1.54) is 7.11 Å². The van der Waals surface area contributed by atoms with Crippen LogP contribution in [-0.4, -0.2) is 63.7 Å². The second-order valence-corrected chi connectivity index (χ2v) is 20.5. The third-order valence-electron chi connectivity index (χ3n) is 11.2. The molecule has 0 amide bonds. The number of rotatable bonds is 6. The fraction of sp³-hybridized carbons (Fsp3) is 0.379. The summed E-state index contributed by atoms with van der Waals surface area (Å²) in [6, 6.07) is 8.41. The van der Waals surface area contributed by atoms with E-state index in [-0.39, 0.29) is 46.5 Å². The lowest BCUT2D eigenvalue weighted by Gasteiger charge is -2.59. The van der Waals surface area contributed by atoms with Gasteiger partial charge in [-0.3, -0.25) is 9.42 Å². The lowest BCUT2D eigenvalue weighted by molar-refractivity contribution is -0.470. The number of aromatic nitrogens is 2. The van der Waals surface area contributed by atoms with Crippen LogP contribution in [0.3, 0.4) is 0 Å².